The maximum absolute atomic E-state index is 13.8. The van der Waals surface area contributed by atoms with Gasteiger partial charge in [0.1, 0.15) is 11.9 Å². The maximum Gasteiger partial charge on any atom is 0.225 e. The first kappa shape index (κ1) is 15.9. The third-order valence-electron chi connectivity index (χ3n) is 3.82. The van der Waals surface area contributed by atoms with E-state index in [0.29, 0.717) is 25.3 Å². The highest BCUT2D eigenvalue weighted by atomic mass is 19.1. The van der Waals surface area contributed by atoms with Gasteiger partial charge in [-0.2, -0.15) is 0 Å². The van der Waals surface area contributed by atoms with E-state index < -0.39 is 12.2 Å². The minimum absolute atomic E-state index is 0.0392. The number of ether oxygens (including phenoxy) is 1. The lowest BCUT2D eigenvalue weighted by molar-refractivity contribution is -0.141. The molecule has 2 atom stereocenters. The fourth-order valence-electron chi connectivity index (χ4n) is 2.34. The van der Waals surface area contributed by atoms with Crippen LogP contribution >= 0.6 is 0 Å². The molecule has 4 nitrogen and oxygen atoms in total. The van der Waals surface area contributed by atoms with Gasteiger partial charge in [-0.1, -0.05) is 32.0 Å². The Labute approximate surface area is 124 Å². The zero-order valence-corrected chi connectivity index (χ0v) is 12.5. The topological polar surface area (TPSA) is 49.8 Å². The Balaban J connectivity index is 2.01. The molecule has 1 aliphatic rings. The fourth-order valence-corrected chi connectivity index (χ4v) is 2.34. The molecule has 0 spiro atoms. The molecule has 0 aromatic heterocycles. The van der Waals surface area contributed by atoms with E-state index >= 15 is 0 Å². The van der Waals surface area contributed by atoms with Crippen molar-refractivity contribution in [2.75, 3.05) is 19.7 Å². The summed E-state index contributed by atoms with van der Waals surface area (Å²) in [5.41, 5.74) is 0.472. The van der Waals surface area contributed by atoms with Crippen molar-refractivity contribution in [3.8, 4) is 0 Å². The molecule has 2 unspecified atom stereocenters. The van der Waals surface area contributed by atoms with Crippen LogP contribution < -0.4 is 0 Å². The van der Waals surface area contributed by atoms with Crippen molar-refractivity contribution < 1.29 is 19.0 Å². The lowest BCUT2D eigenvalue weighted by Crippen LogP contribution is -2.43. The molecule has 0 aliphatic carbocycles. The molecule has 1 aromatic carbocycles. The molecule has 0 radical (unpaired) electrons. The average Bonchev–Trinajstić information content (AvgIpc) is 2.47. The number of rotatable bonds is 4. The van der Waals surface area contributed by atoms with E-state index in [1.54, 1.807) is 23.1 Å². The Morgan fingerprint density at radius 2 is 2.19 bits per heavy atom. The second-order valence-electron chi connectivity index (χ2n) is 5.74. The van der Waals surface area contributed by atoms with Crippen LogP contribution in [0.4, 0.5) is 4.39 Å². The van der Waals surface area contributed by atoms with Gasteiger partial charge >= 0.3 is 0 Å². The van der Waals surface area contributed by atoms with Crippen molar-refractivity contribution in [1.29, 1.82) is 0 Å². The molecular weight excluding hydrogens is 273 g/mol. The van der Waals surface area contributed by atoms with E-state index in [1.165, 1.54) is 6.07 Å². The van der Waals surface area contributed by atoms with Crippen molar-refractivity contribution in [1.82, 2.24) is 4.90 Å². The lowest BCUT2D eigenvalue weighted by atomic mass is 10.0. The first-order valence-corrected chi connectivity index (χ1v) is 7.31. The largest absolute Gasteiger partial charge is 0.392 e. The molecular formula is C16H22FNO3. The predicted octanol–water partition coefficient (Wildman–Crippen LogP) is 2.13. The van der Waals surface area contributed by atoms with Gasteiger partial charge in [0.05, 0.1) is 25.7 Å². The van der Waals surface area contributed by atoms with Gasteiger partial charge in [-0.05, 0) is 12.0 Å². The summed E-state index contributed by atoms with van der Waals surface area (Å²) in [6, 6.07) is 6.45. The smallest absolute Gasteiger partial charge is 0.225 e. The van der Waals surface area contributed by atoms with Crippen molar-refractivity contribution in [2.45, 2.75) is 32.5 Å². The van der Waals surface area contributed by atoms with Crippen molar-refractivity contribution in [3.63, 3.8) is 0 Å². The molecule has 116 valence electrons. The summed E-state index contributed by atoms with van der Waals surface area (Å²) < 4.78 is 19.4. The second-order valence-corrected chi connectivity index (χ2v) is 5.74. The zero-order chi connectivity index (χ0) is 15.4. The third kappa shape index (κ3) is 4.02. The normalized spacial score (nSPS) is 20.6. The molecule has 1 aliphatic heterocycles. The number of aliphatic hydroxyl groups is 1. The van der Waals surface area contributed by atoms with E-state index in [0.717, 1.165) is 0 Å². The van der Waals surface area contributed by atoms with E-state index in [-0.39, 0.29) is 24.1 Å². The average molecular weight is 295 g/mol. The Kier molecular flexibility index (Phi) is 5.31. The molecule has 5 heteroatoms. The SMILES string of the molecule is CC(C)C(O)CC(=O)N1CCOC(c2ccccc2F)C1. The molecule has 1 heterocycles. The van der Waals surface area contributed by atoms with Gasteiger partial charge in [0, 0.05) is 12.1 Å². The molecule has 0 bridgehead atoms. The van der Waals surface area contributed by atoms with E-state index in [1.807, 2.05) is 13.8 Å². The number of carbonyl (C=O) groups excluding carboxylic acids is 1. The third-order valence-corrected chi connectivity index (χ3v) is 3.82. The van der Waals surface area contributed by atoms with Gasteiger partial charge in [-0.3, -0.25) is 4.79 Å². The van der Waals surface area contributed by atoms with Crippen LogP contribution in [0.2, 0.25) is 0 Å². The Morgan fingerprint density at radius 3 is 2.86 bits per heavy atom. The Morgan fingerprint density at radius 1 is 1.48 bits per heavy atom. The molecule has 1 aromatic rings. The van der Waals surface area contributed by atoms with Crippen LogP contribution in [-0.4, -0.2) is 41.7 Å². The van der Waals surface area contributed by atoms with Gasteiger partial charge < -0.3 is 14.7 Å². The number of benzene rings is 1. The second kappa shape index (κ2) is 7.00. The van der Waals surface area contributed by atoms with Gasteiger partial charge in [-0.25, -0.2) is 4.39 Å². The minimum atomic E-state index is -0.646. The van der Waals surface area contributed by atoms with Crippen molar-refractivity contribution >= 4 is 5.91 Å². The highest BCUT2D eigenvalue weighted by Gasteiger charge is 2.28. The summed E-state index contributed by atoms with van der Waals surface area (Å²) in [4.78, 5) is 13.8. The van der Waals surface area contributed by atoms with Crippen LogP contribution in [-0.2, 0) is 9.53 Å². The number of aliphatic hydroxyl groups excluding tert-OH is 1. The maximum atomic E-state index is 13.8. The Hall–Kier alpha value is -1.46. The molecule has 2 rings (SSSR count). The Bertz CT molecular complexity index is 492. The molecule has 21 heavy (non-hydrogen) atoms. The van der Waals surface area contributed by atoms with Crippen LogP contribution in [0.5, 0.6) is 0 Å². The number of amides is 1. The predicted molar refractivity (Wildman–Crippen MR) is 77.1 cm³/mol. The number of halogens is 1. The highest BCUT2D eigenvalue weighted by Crippen LogP contribution is 2.25. The molecule has 1 N–H and O–H groups in total. The van der Waals surface area contributed by atoms with E-state index in [9.17, 15) is 14.3 Å². The zero-order valence-electron chi connectivity index (χ0n) is 12.5. The number of nitrogens with zero attached hydrogens (tertiary/aromatic N) is 1. The lowest BCUT2D eigenvalue weighted by Gasteiger charge is -2.34. The van der Waals surface area contributed by atoms with Crippen LogP contribution in [0.1, 0.15) is 31.9 Å². The molecule has 1 saturated heterocycles. The summed E-state index contributed by atoms with van der Waals surface area (Å²) >= 11 is 0. The number of hydrogen-bond donors (Lipinski definition) is 1. The standard InChI is InChI=1S/C16H22FNO3/c1-11(2)14(19)9-16(20)18-7-8-21-15(10-18)12-5-3-4-6-13(12)17/h3-6,11,14-15,19H,7-10H2,1-2H3. The monoisotopic (exact) mass is 295 g/mol. The number of morpholine rings is 1. The number of carbonyl (C=O) groups is 1. The summed E-state index contributed by atoms with van der Waals surface area (Å²) in [7, 11) is 0. The van der Waals surface area contributed by atoms with Gasteiger partial charge in [-0.15, -0.1) is 0 Å². The van der Waals surface area contributed by atoms with E-state index in [2.05, 4.69) is 0 Å². The first-order chi connectivity index (χ1) is 9.99. The number of hydrogen-bond acceptors (Lipinski definition) is 3. The fraction of sp³-hybridized carbons (Fsp3) is 0.562. The quantitative estimate of drug-likeness (QED) is 0.926. The van der Waals surface area contributed by atoms with Crippen LogP contribution in [0.3, 0.4) is 0 Å². The van der Waals surface area contributed by atoms with Gasteiger partial charge in [0.2, 0.25) is 5.91 Å². The molecule has 1 amide bonds. The summed E-state index contributed by atoms with van der Waals surface area (Å²) in [6.07, 6.45) is -0.992. The van der Waals surface area contributed by atoms with E-state index in [4.69, 9.17) is 4.74 Å². The summed E-state index contributed by atoms with van der Waals surface area (Å²) in [6.45, 7) is 4.93. The van der Waals surface area contributed by atoms with Crippen LogP contribution in [0.25, 0.3) is 0 Å². The summed E-state index contributed by atoms with van der Waals surface area (Å²) in [5, 5.41) is 9.82. The highest BCUT2D eigenvalue weighted by molar-refractivity contribution is 5.76. The van der Waals surface area contributed by atoms with Gasteiger partial charge in [0.15, 0.2) is 0 Å². The van der Waals surface area contributed by atoms with Gasteiger partial charge in [0.25, 0.3) is 0 Å². The first-order valence-electron chi connectivity index (χ1n) is 7.31. The minimum Gasteiger partial charge on any atom is -0.392 e. The van der Waals surface area contributed by atoms with Crippen molar-refractivity contribution in [2.24, 2.45) is 5.92 Å². The van der Waals surface area contributed by atoms with Crippen molar-refractivity contribution in [3.05, 3.63) is 35.6 Å². The molecule has 1 fully saturated rings. The van der Waals surface area contributed by atoms with Crippen LogP contribution in [0, 0.1) is 11.7 Å². The summed E-state index contributed by atoms with van der Waals surface area (Å²) in [5.74, 6) is -0.391. The van der Waals surface area contributed by atoms with Crippen LogP contribution in [0.15, 0.2) is 24.3 Å². The molecule has 0 saturated carbocycles.